The van der Waals surface area contributed by atoms with Crippen LogP contribution in [0.15, 0.2) is 21.1 Å². The van der Waals surface area contributed by atoms with Crippen molar-refractivity contribution in [3.05, 3.63) is 26.6 Å². The fraction of sp³-hybridized carbons (Fsp3) is 0.571. The molecule has 0 saturated carbocycles. The first-order valence-corrected chi connectivity index (χ1v) is 8.30. The summed E-state index contributed by atoms with van der Waals surface area (Å²) in [6.45, 7) is 2.98. The molecule has 0 amide bonds. The Morgan fingerprint density at radius 1 is 1.14 bits per heavy atom. The minimum Gasteiger partial charge on any atom is -1.00 e. The quantitative estimate of drug-likeness (QED) is 0.369. The van der Waals surface area contributed by atoms with Gasteiger partial charge in [-0.15, -0.1) is 0 Å². The van der Waals surface area contributed by atoms with Gasteiger partial charge in [0.2, 0.25) is 0 Å². The minimum atomic E-state index is 0. The van der Waals surface area contributed by atoms with Gasteiger partial charge in [-0.05, 0) is 49.6 Å². The highest BCUT2D eigenvalue weighted by molar-refractivity contribution is 9.11. The number of likely N-dealkylation sites (N-methyl/N-ethyl adjacent to an activating group) is 1. The molecule has 0 saturated heterocycles. The molecule has 0 unspecified atom stereocenters. The van der Waals surface area contributed by atoms with Gasteiger partial charge in [0, 0.05) is 12.8 Å². The molecule has 124 valence electrons. The molecule has 0 aromatic heterocycles. The van der Waals surface area contributed by atoms with Crippen LogP contribution in [-0.4, -0.2) is 40.8 Å². The Kier molecular flexibility index (Phi) is 14.7. The van der Waals surface area contributed by atoms with Crippen LogP contribution in [0.1, 0.15) is 12.0 Å². The second-order valence-electron chi connectivity index (χ2n) is 4.99. The van der Waals surface area contributed by atoms with Crippen molar-refractivity contribution in [1.82, 2.24) is 0 Å². The fourth-order valence-corrected chi connectivity index (χ4v) is 3.32. The van der Waals surface area contributed by atoms with Gasteiger partial charge in [-0.3, -0.25) is 0 Å². The summed E-state index contributed by atoms with van der Waals surface area (Å²) in [5.41, 5.74) is 1.32. The van der Waals surface area contributed by atoms with Gasteiger partial charge in [0.05, 0.1) is 49.8 Å². The van der Waals surface area contributed by atoms with Gasteiger partial charge in [0.1, 0.15) is 5.75 Å². The van der Waals surface area contributed by atoms with E-state index in [9.17, 15) is 0 Å². The van der Waals surface area contributed by atoms with Crippen molar-refractivity contribution in [3.63, 3.8) is 0 Å². The maximum Gasteiger partial charge on any atom is 0.147 e. The van der Waals surface area contributed by atoms with Crippen molar-refractivity contribution in [2.75, 3.05) is 40.8 Å². The molecule has 21 heavy (non-hydrogen) atoms. The first-order chi connectivity index (χ1) is 9.04. The van der Waals surface area contributed by atoms with Gasteiger partial charge in [0.15, 0.2) is 0 Å². The Morgan fingerprint density at radius 2 is 1.71 bits per heavy atom. The summed E-state index contributed by atoms with van der Waals surface area (Å²) in [4.78, 5) is 1.45. The maximum absolute atomic E-state index is 5.86. The lowest BCUT2D eigenvalue weighted by molar-refractivity contribution is -0.858. The van der Waals surface area contributed by atoms with E-state index in [1.807, 2.05) is 0 Å². The molecule has 0 fully saturated rings. The summed E-state index contributed by atoms with van der Waals surface area (Å²) in [6.07, 6.45) is 2.13. The zero-order valence-electron chi connectivity index (χ0n) is 12.7. The average molecular weight is 467 g/mol. The molecule has 3 nitrogen and oxygen atoms in total. The molecule has 1 aromatic carbocycles. The van der Waals surface area contributed by atoms with Crippen LogP contribution < -0.4 is 39.8 Å². The topological polar surface area (TPSA) is 30.3 Å². The molecular weight excluding hydrogens is 443 g/mol. The summed E-state index contributed by atoms with van der Waals surface area (Å²) in [6, 6.07) is 4.31. The Morgan fingerprint density at radius 3 is 2.19 bits per heavy atom. The molecule has 0 aliphatic carbocycles. The standard InChI is InChI=1S/C14H22Br2N2O.2ClH/c1-17-6-5-11-9-12(15)14(13(16)10-11)19-8-4-7-18(2)3;;/h9-10,17H,4-8H2,1-3H3;2*1H. The zero-order valence-corrected chi connectivity index (χ0v) is 17.4. The highest BCUT2D eigenvalue weighted by Gasteiger charge is 2.09. The third-order valence-corrected chi connectivity index (χ3v) is 4.03. The third kappa shape index (κ3) is 9.26. The van der Waals surface area contributed by atoms with Crippen LogP contribution in [0.5, 0.6) is 5.75 Å². The van der Waals surface area contributed by atoms with Gasteiger partial charge in [-0.25, -0.2) is 0 Å². The molecule has 3 N–H and O–H groups in total. The van der Waals surface area contributed by atoms with Crippen molar-refractivity contribution in [2.24, 2.45) is 0 Å². The summed E-state index contributed by atoms with van der Waals surface area (Å²) in [5.74, 6) is 0.915. The van der Waals surface area contributed by atoms with Crippen LogP contribution in [0.25, 0.3) is 0 Å². The zero-order chi connectivity index (χ0) is 14.3. The predicted molar refractivity (Wildman–Crippen MR) is 86.1 cm³/mol. The summed E-state index contributed by atoms with van der Waals surface area (Å²) >= 11 is 7.20. The van der Waals surface area contributed by atoms with Crippen LogP contribution in [0.4, 0.5) is 0 Å². The van der Waals surface area contributed by atoms with E-state index in [4.69, 9.17) is 4.74 Å². The smallest absolute Gasteiger partial charge is 0.147 e. The summed E-state index contributed by atoms with van der Waals surface area (Å²) in [5, 5.41) is 2.19. The van der Waals surface area contributed by atoms with E-state index in [-0.39, 0.29) is 24.8 Å². The first-order valence-electron chi connectivity index (χ1n) is 6.72. The monoisotopic (exact) mass is 464 g/mol. The normalized spacial score (nSPS) is 10.0. The lowest BCUT2D eigenvalue weighted by Crippen LogP contribution is -3.05. The Balaban J connectivity index is 0. The molecule has 7 heteroatoms. The fourth-order valence-electron chi connectivity index (χ4n) is 1.81. The number of quaternary nitrogens is 2. The molecule has 1 aromatic rings. The molecule has 0 aliphatic heterocycles. The lowest BCUT2D eigenvalue weighted by Gasteiger charge is -2.13. The summed E-state index contributed by atoms with van der Waals surface area (Å²) in [7, 11) is 6.41. The number of halogens is 4. The lowest BCUT2D eigenvalue weighted by atomic mass is 10.1. The van der Waals surface area contributed by atoms with Gasteiger partial charge < -0.3 is 39.8 Å². The second-order valence-corrected chi connectivity index (χ2v) is 6.70. The van der Waals surface area contributed by atoms with Crippen molar-refractivity contribution >= 4 is 31.9 Å². The SMILES string of the molecule is C[NH2+]CCc1cc(Br)c(OCCC[NH+](C)C)c(Br)c1.[Cl-].[Cl-]. The molecule has 0 heterocycles. The molecule has 1 rings (SSSR count). The van der Waals surface area contributed by atoms with Crippen LogP contribution in [0, 0.1) is 0 Å². The number of benzene rings is 1. The van der Waals surface area contributed by atoms with E-state index in [1.165, 1.54) is 10.5 Å². The predicted octanol–water partition coefficient (Wildman–Crippen LogP) is -5.13. The number of hydrogen-bond donors (Lipinski definition) is 2. The summed E-state index contributed by atoms with van der Waals surface area (Å²) < 4.78 is 7.93. The van der Waals surface area contributed by atoms with Gasteiger partial charge >= 0.3 is 0 Å². The van der Waals surface area contributed by atoms with Gasteiger partial charge in [-0.1, -0.05) is 0 Å². The third-order valence-electron chi connectivity index (χ3n) is 2.85. The number of rotatable bonds is 8. The second kappa shape index (κ2) is 13.0. The van der Waals surface area contributed by atoms with Crippen molar-refractivity contribution < 1.29 is 39.8 Å². The van der Waals surface area contributed by atoms with Gasteiger partial charge in [0.25, 0.3) is 0 Å². The first kappa shape index (κ1) is 23.7. The molecule has 0 radical (unpaired) electrons. The average Bonchev–Trinajstić information content (AvgIpc) is 2.34. The van der Waals surface area contributed by atoms with E-state index >= 15 is 0 Å². The van der Waals surface area contributed by atoms with Crippen molar-refractivity contribution in [3.8, 4) is 5.75 Å². The Hall–Kier alpha value is 0.480. The maximum atomic E-state index is 5.86. The van der Waals surface area contributed by atoms with Gasteiger partial charge in [-0.2, -0.15) is 0 Å². The number of nitrogens with one attached hydrogen (secondary N) is 1. The molecule has 0 bridgehead atoms. The van der Waals surface area contributed by atoms with E-state index in [1.54, 1.807) is 0 Å². The number of nitrogens with two attached hydrogens (primary N) is 1. The Bertz CT molecular complexity index is 384. The largest absolute Gasteiger partial charge is 1.00 e. The molecule has 0 aliphatic rings. The minimum absolute atomic E-state index is 0. The Labute approximate surface area is 157 Å². The van der Waals surface area contributed by atoms with Crippen LogP contribution in [-0.2, 0) is 6.42 Å². The van der Waals surface area contributed by atoms with E-state index in [2.05, 4.69) is 70.5 Å². The highest BCUT2D eigenvalue weighted by atomic mass is 79.9. The van der Waals surface area contributed by atoms with Crippen LogP contribution >= 0.6 is 31.9 Å². The van der Waals surface area contributed by atoms with Crippen LogP contribution in [0.2, 0.25) is 0 Å². The highest BCUT2D eigenvalue weighted by Crippen LogP contribution is 2.34. The van der Waals surface area contributed by atoms with Crippen molar-refractivity contribution in [1.29, 1.82) is 0 Å². The van der Waals surface area contributed by atoms with E-state index < -0.39 is 0 Å². The number of ether oxygens (including phenoxy) is 1. The van der Waals surface area contributed by atoms with E-state index in [0.29, 0.717) is 0 Å². The van der Waals surface area contributed by atoms with E-state index in [0.717, 1.165) is 47.2 Å². The molecule has 0 spiro atoms. The van der Waals surface area contributed by atoms with Crippen LogP contribution in [0.3, 0.4) is 0 Å². The number of hydrogen-bond acceptors (Lipinski definition) is 1. The van der Waals surface area contributed by atoms with Crippen molar-refractivity contribution in [2.45, 2.75) is 12.8 Å². The molecule has 0 atom stereocenters. The molecular formula is C14H24Br2Cl2N2O.